The molecular formula is C9H18O3. The summed E-state index contributed by atoms with van der Waals surface area (Å²) in [6.07, 6.45) is 0.318. The van der Waals surface area contributed by atoms with E-state index in [4.69, 9.17) is 4.74 Å². The van der Waals surface area contributed by atoms with Gasteiger partial charge in [-0.05, 0) is 6.42 Å². The molecule has 1 aliphatic rings. The van der Waals surface area contributed by atoms with Gasteiger partial charge in [-0.2, -0.15) is 0 Å². The summed E-state index contributed by atoms with van der Waals surface area (Å²) in [6.45, 7) is 4.49. The highest BCUT2D eigenvalue weighted by atomic mass is 16.5. The van der Waals surface area contributed by atoms with Crippen molar-refractivity contribution in [3.63, 3.8) is 0 Å². The van der Waals surface area contributed by atoms with Gasteiger partial charge in [-0.3, -0.25) is 0 Å². The van der Waals surface area contributed by atoms with Crippen LogP contribution in [0.15, 0.2) is 0 Å². The van der Waals surface area contributed by atoms with Crippen LogP contribution in [0.5, 0.6) is 0 Å². The van der Waals surface area contributed by atoms with Gasteiger partial charge < -0.3 is 14.9 Å². The number of aliphatic hydroxyl groups is 2. The molecule has 1 aliphatic heterocycles. The van der Waals surface area contributed by atoms with E-state index in [0.717, 1.165) is 12.8 Å². The first-order valence-electron chi connectivity index (χ1n) is 4.64. The van der Waals surface area contributed by atoms with E-state index in [9.17, 15) is 10.2 Å². The highest BCUT2D eigenvalue weighted by Gasteiger charge is 2.35. The lowest BCUT2D eigenvalue weighted by Gasteiger charge is -2.36. The number of hydrogen-bond acceptors (Lipinski definition) is 3. The van der Waals surface area contributed by atoms with Gasteiger partial charge in [-0.15, -0.1) is 0 Å². The lowest BCUT2D eigenvalue weighted by Crippen LogP contribution is -2.48. The summed E-state index contributed by atoms with van der Waals surface area (Å²) in [6, 6.07) is 0. The predicted molar refractivity (Wildman–Crippen MR) is 45.8 cm³/mol. The lowest BCUT2D eigenvalue weighted by atomic mass is 9.92. The molecule has 1 heterocycles. The number of rotatable bonds is 2. The molecular weight excluding hydrogens is 156 g/mol. The molecule has 0 saturated carbocycles. The molecule has 0 aromatic carbocycles. The second kappa shape index (κ2) is 4.21. The zero-order chi connectivity index (χ0) is 9.14. The quantitative estimate of drug-likeness (QED) is 0.642. The maximum Gasteiger partial charge on any atom is 0.106 e. The summed E-state index contributed by atoms with van der Waals surface area (Å²) in [5, 5.41) is 19.1. The predicted octanol–water partition coefficient (Wildman–Crippen LogP) is 0.543. The first kappa shape index (κ1) is 9.96. The summed E-state index contributed by atoms with van der Waals surface area (Å²) >= 11 is 0. The summed E-state index contributed by atoms with van der Waals surface area (Å²) < 4.78 is 5.40. The SMILES string of the molecule is CCCC1OCC(C)C(O)C1O. The molecule has 3 heteroatoms. The van der Waals surface area contributed by atoms with Crippen molar-refractivity contribution in [1.82, 2.24) is 0 Å². The van der Waals surface area contributed by atoms with Crippen LogP contribution in [0, 0.1) is 5.92 Å². The molecule has 1 fully saturated rings. The minimum Gasteiger partial charge on any atom is -0.390 e. The van der Waals surface area contributed by atoms with E-state index < -0.39 is 12.2 Å². The molecule has 0 amide bonds. The van der Waals surface area contributed by atoms with Crippen LogP contribution in [0.25, 0.3) is 0 Å². The van der Waals surface area contributed by atoms with Crippen LogP contribution in [0.2, 0.25) is 0 Å². The highest BCUT2D eigenvalue weighted by Crippen LogP contribution is 2.22. The molecule has 0 aromatic rings. The first-order chi connectivity index (χ1) is 5.66. The Hall–Kier alpha value is -0.120. The van der Waals surface area contributed by atoms with Crippen molar-refractivity contribution in [3.05, 3.63) is 0 Å². The largest absolute Gasteiger partial charge is 0.390 e. The van der Waals surface area contributed by atoms with Crippen LogP contribution in [0.4, 0.5) is 0 Å². The number of aliphatic hydroxyl groups excluding tert-OH is 2. The van der Waals surface area contributed by atoms with Crippen LogP contribution >= 0.6 is 0 Å². The minimum atomic E-state index is -0.700. The van der Waals surface area contributed by atoms with Gasteiger partial charge in [-0.1, -0.05) is 20.3 Å². The van der Waals surface area contributed by atoms with Gasteiger partial charge in [0.1, 0.15) is 6.10 Å². The maximum atomic E-state index is 9.56. The second-order valence-corrected chi connectivity index (χ2v) is 3.62. The smallest absolute Gasteiger partial charge is 0.106 e. The van der Waals surface area contributed by atoms with E-state index in [2.05, 4.69) is 0 Å². The van der Waals surface area contributed by atoms with Crippen molar-refractivity contribution in [2.75, 3.05) is 6.61 Å². The average Bonchev–Trinajstić information content (AvgIpc) is 2.07. The standard InChI is InChI=1S/C9H18O3/c1-3-4-7-9(11)8(10)6(2)5-12-7/h6-11H,3-5H2,1-2H3. The van der Waals surface area contributed by atoms with Crippen LogP contribution in [-0.4, -0.2) is 35.1 Å². The highest BCUT2D eigenvalue weighted by molar-refractivity contribution is 4.84. The summed E-state index contributed by atoms with van der Waals surface area (Å²) in [5.74, 6) is 0.0492. The molecule has 0 radical (unpaired) electrons. The summed E-state index contributed by atoms with van der Waals surface area (Å²) in [7, 11) is 0. The Morgan fingerprint density at radius 2 is 2.00 bits per heavy atom. The molecule has 4 atom stereocenters. The lowest BCUT2D eigenvalue weighted by molar-refractivity contribution is -0.161. The monoisotopic (exact) mass is 174 g/mol. The van der Waals surface area contributed by atoms with Gasteiger partial charge in [0, 0.05) is 5.92 Å². The van der Waals surface area contributed by atoms with Gasteiger partial charge >= 0.3 is 0 Å². The van der Waals surface area contributed by atoms with Crippen molar-refractivity contribution in [1.29, 1.82) is 0 Å². The third-order valence-corrected chi connectivity index (χ3v) is 2.46. The van der Waals surface area contributed by atoms with Gasteiger partial charge in [0.25, 0.3) is 0 Å². The van der Waals surface area contributed by atoms with Crippen molar-refractivity contribution >= 4 is 0 Å². The van der Waals surface area contributed by atoms with Gasteiger partial charge in [0.15, 0.2) is 0 Å². The molecule has 1 saturated heterocycles. The van der Waals surface area contributed by atoms with E-state index >= 15 is 0 Å². The van der Waals surface area contributed by atoms with E-state index in [1.165, 1.54) is 0 Å². The molecule has 12 heavy (non-hydrogen) atoms. The molecule has 1 rings (SSSR count). The summed E-state index contributed by atoms with van der Waals surface area (Å²) in [5.41, 5.74) is 0. The van der Waals surface area contributed by atoms with Gasteiger partial charge in [0.2, 0.25) is 0 Å². The molecule has 3 nitrogen and oxygen atoms in total. The molecule has 4 unspecified atom stereocenters. The van der Waals surface area contributed by atoms with Crippen LogP contribution < -0.4 is 0 Å². The Labute approximate surface area is 73.4 Å². The van der Waals surface area contributed by atoms with Crippen LogP contribution in [0.3, 0.4) is 0 Å². The van der Waals surface area contributed by atoms with Gasteiger partial charge in [-0.25, -0.2) is 0 Å². The van der Waals surface area contributed by atoms with Gasteiger partial charge in [0.05, 0.1) is 18.8 Å². The Morgan fingerprint density at radius 3 is 2.58 bits per heavy atom. The fourth-order valence-corrected chi connectivity index (χ4v) is 1.57. The molecule has 2 N–H and O–H groups in total. The third-order valence-electron chi connectivity index (χ3n) is 2.46. The molecule has 0 aliphatic carbocycles. The van der Waals surface area contributed by atoms with Crippen molar-refractivity contribution in [2.45, 2.75) is 45.0 Å². The van der Waals surface area contributed by atoms with E-state index in [1.807, 2.05) is 13.8 Å². The topological polar surface area (TPSA) is 49.7 Å². The molecule has 0 spiro atoms. The van der Waals surface area contributed by atoms with Crippen molar-refractivity contribution < 1.29 is 14.9 Å². The minimum absolute atomic E-state index is 0.0492. The second-order valence-electron chi connectivity index (χ2n) is 3.62. The zero-order valence-electron chi connectivity index (χ0n) is 7.73. The Morgan fingerprint density at radius 1 is 1.33 bits per heavy atom. The van der Waals surface area contributed by atoms with Crippen LogP contribution in [-0.2, 0) is 4.74 Å². The Bertz CT molecular complexity index is 138. The number of hydrogen-bond donors (Lipinski definition) is 2. The van der Waals surface area contributed by atoms with E-state index in [0.29, 0.717) is 6.61 Å². The maximum absolute atomic E-state index is 9.56. The number of ether oxygens (including phenoxy) is 1. The van der Waals surface area contributed by atoms with E-state index in [1.54, 1.807) is 0 Å². The Kier molecular flexibility index (Phi) is 3.50. The molecule has 0 bridgehead atoms. The first-order valence-corrected chi connectivity index (χ1v) is 4.64. The fourth-order valence-electron chi connectivity index (χ4n) is 1.57. The van der Waals surface area contributed by atoms with Crippen molar-refractivity contribution in [2.24, 2.45) is 5.92 Å². The normalized spacial score (nSPS) is 43.0. The average molecular weight is 174 g/mol. The zero-order valence-corrected chi connectivity index (χ0v) is 7.73. The van der Waals surface area contributed by atoms with Crippen molar-refractivity contribution in [3.8, 4) is 0 Å². The van der Waals surface area contributed by atoms with E-state index in [-0.39, 0.29) is 12.0 Å². The summed E-state index contributed by atoms with van der Waals surface area (Å²) in [4.78, 5) is 0. The fraction of sp³-hybridized carbons (Fsp3) is 1.00. The third kappa shape index (κ3) is 1.97. The molecule has 72 valence electrons. The molecule has 0 aromatic heterocycles. The Balaban J connectivity index is 2.46. The van der Waals surface area contributed by atoms with Crippen LogP contribution in [0.1, 0.15) is 26.7 Å².